The van der Waals surface area contributed by atoms with Crippen molar-refractivity contribution in [1.29, 1.82) is 0 Å². The van der Waals surface area contributed by atoms with Gasteiger partial charge in [0.15, 0.2) is 5.92 Å². The second-order valence-corrected chi connectivity index (χ2v) is 7.96. The number of rotatable bonds is 8. The molecule has 0 saturated heterocycles. The van der Waals surface area contributed by atoms with Crippen LogP contribution in [0.5, 0.6) is 0 Å². The van der Waals surface area contributed by atoms with E-state index in [0.717, 1.165) is 22.3 Å². The van der Waals surface area contributed by atoms with Crippen LogP contribution in [0.2, 0.25) is 0 Å². The molecule has 8 heteroatoms. The third-order valence-electron chi connectivity index (χ3n) is 5.92. The predicted octanol–water partition coefficient (Wildman–Crippen LogP) is 3.52. The minimum atomic E-state index is -1.56. The summed E-state index contributed by atoms with van der Waals surface area (Å²) in [6, 6.07) is 20.2. The second kappa shape index (κ2) is 9.22. The zero-order valence-corrected chi connectivity index (χ0v) is 17.6. The first-order valence-corrected chi connectivity index (χ1v) is 10.4. The number of esters is 1. The van der Waals surface area contributed by atoms with Gasteiger partial charge in [-0.3, -0.25) is 19.7 Å². The highest BCUT2D eigenvalue weighted by atomic mass is 16.6. The van der Waals surface area contributed by atoms with Crippen molar-refractivity contribution in [3.05, 3.63) is 99.6 Å². The van der Waals surface area contributed by atoms with Crippen molar-refractivity contribution < 1.29 is 24.4 Å². The van der Waals surface area contributed by atoms with Gasteiger partial charge in [-0.2, -0.15) is 0 Å². The molecule has 0 bridgehead atoms. The number of carboxylic acids is 1. The number of carbonyl (C=O) groups is 2. The van der Waals surface area contributed by atoms with Gasteiger partial charge < -0.3 is 15.6 Å². The number of aliphatic carboxylic acids is 1. The number of hydrogen-bond donors (Lipinski definition) is 2. The summed E-state index contributed by atoms with van der Waals surface area (Å²) in [5.41, 5.74) is 10.8. The molecule has 8 nitrogen and oxygen atoms in total. The van der Waals surface area contributed by atoms with Gasteiger partial charge in [0.05, 0.1) is 4.92 Å². The maximum atomic E-state index is 12.8. The van der Waals surface area contributed by atoms with Gasteiger partial charge in [-0.1, -0.05) is 60.7 Å². The van der Waals surface area contributed by atoms with Gasteiger partial charge in [0.1, 0.15) is 6.61 Å². The van der Waals surface area contributed by atoms with Crippen LogP contribution in [-0.4, -0.2) is 34.6 Å². The van der Waals surface area contributed by atoms with Crippen molar-refractivity contribution in [3.63, 3.8) is 0 Å². The number of fused-ring (bicyclic) bond motifs is 3. The minimum absolute atomic E-state index is 0.000885. The molecule has 168 valence electrons. The maximum absolute atomic E-state index is 12.8. The van der Waals surface area contributed by atoms with Crippen molar-refractivity contribution in [2.45, 2.75) is 18.4 Å². The Morgan fingerprint density at radius 2 is 1.52 bits per heavy atom. The average molecular weight is 446 g/mol. The average Bonchev–Trinajstić information content (AvgIpc) is 3.11. The van der Waals surface area contributed by atoms with E-state index in [1.54, 1.807) is 0 Å². The molecule has 0 radical (unpaired) electrons. The Hall–Kier alpha value is -4.04. The zero-order chi connectivity index (χ0) is 23.5. The molecule has 4 rings (SSSR count). The van der Waals surface area contributed by atoms with E-state index in [2.05, 4.69) is 0 Å². The topological polar surface area (TPSA) is 133 Å². The van der Waals surface area contributed by atoms with Crippen LogP contribution in [0.1, 0.15) is 22.6 Å². The third-order valence-corrected chi connectivity index (χ3v) is 5.92. The van der Waals surface area contributed by atoms with Gasteiger partial charge in [0.2, 0.25) is 0 Å². The van der Waals surface area contributed by atoms with E-state index >= 15 is 0 Å². The van der Waals surface area contributed by atoms with Gasteiger partial charge in [0.25, 0.3) is 5.69 Å². The van der Waals surface area contributed by atoms with E-state index in [0.29, 0.717) is 5.56 Å². The van der Waals surface area contributed by atoms with E-state index in [1.807, 2.05) is 48.5 Å². The lowest BCUT2D eigenvalue weighted by atomic mass is 9.94. The molecule has 2 atom stereocenters. The van der Waals surface area contributed by atoms with Crippen LogP contribution in [0.4, 0.5) is 5.69 Å². The Balaban J connectivity index is 1.47. The molecule has 3 N–H and O–H groups in total. The van der Waals surface area contributed by atoms with E-state index in [9.17, 15) is 24.8 Å². The minimum Gasteiger partial charge on any atom is -0.481 e. The Morgan fingerprint density at radius 1 is 0.970 bits per heavy atom. The van der Waals surface area contributed by atoms with Gasteiger partial charge in [-0.05, 0) is 34.2 Å². The Morgan fingerprint density at radius 3 is 2.03 bits per heavy atom. The second-order valence-electron chi connectivity index (χ2n) is 7.96. The smallest absolute Gasteiger partial charge is 0.321 e. The van der Waals surface area contributed by atoms with Crippen LogP contribution in [0.15, 0.2) is 72.8 Å². The molecule has 1 aliphatic carbocycles. The molecule has 0 amide bonds. The van der Waals surface area contributed by atoms with Crippen LogP contribution in [0, 0.1) is 16.0 Å². The molecular weight excluding hydrogens is 424 g/mol. The standard InChI is InChI=1S/C25H22N2O6/c26-22(13-15-9-11-16(12-10-15)27(31)32)23(24(28)29)25(30)33-14-21-19-7-3-1-5-17(19)18-6-2-4-8-20(18)21/h1-12,21-23H,13-14,26H2,(H,28,29). The van der Waals surface area contributed by atoms with Crippen molar-refractivity contribution in [2.75, 3.05) is 6.61 Å². The number of benzene rings is 3. The predicted molar refractivity (Wildman–Crippen MR) is 121 cm³/mol. The lowest BCUT2D eigenvalue weighted by Crippen LogP contribution is -2.43. The summed E-state index contributed by atoms with van der Waals surface area (Å²) < 4.78 is 5.48. The normalized spacial score (nSPS) is 14.1. The van der Waals surface area contributed by atoms with E-state index in [-0.39, 0.29) is 24.6 Å². The van der Waals surface area contributed by atoms with Crippen LogP contribution >= 0.6 is 0 Å². The first-order chi connectivity index (χ1) is 15.9. The summed E-state index contributed by atoms with van der Waals surface area (Å²) in [5.74, 6) is -4.03. The number of ether oxygens (including phenoxy) is 1. The number of hydrogen-bond acceptors (Lipinski definition) is 6. The van der Waals surface area contributed by atoms with Gasteiger partial charge in [0, 0.05) is 24.1 Å². The summed E-state index contributed by atoms with van der Waals surface area (Å²) in [5, 5.41) is 20.4. The molecule has 33 heavy (non-hydrogen) atoms. The van der Waals surface area contributed by atoms with E-state index < -0.39 is 28.8 Å². The number of carboxylic acid groups (broad SMARTS) is 1. The monoisotopic (exact) mass is 446 g/mol. The lowest BCUT2D eigenvalue weighted by Gasteiger charge is -2.21. The molecule has 1 aliphatic rings. The number of carbonyl (C=O) groups excluding carboxylic acids is 1. The van der Waals surface area contributed by atoms with Gasteiger partial charge in [-0.15, -0.1) is 0 Å². The molecule has 0 saturated carbocycles. The van der Waals surface area contributed by atoms with Gasteiger partial charge >= 0.3 is 11.9 Å². The summed E-state index contributed by atoms with van der Waals surface area (Å²) in [6.45, 7) is 0.000885. The van der Waals surface area contributed by atoms with E-state index in [1.165, 1.54) is 24.3 Å². The molecule has 0 aromatic heterocycles. The molecule has 0 aliphatic heterocycles. The highest BCUT2D eigenvalue weighted by Crippen LogP contribution is 2.44. The van der Waals surface area contributed by atoms with Crippen LogP contribution in [-0.2, 0) is 20.7 Å². The zero-order valence-electron chi connectivity index (χ0n) is 17.6. The molecule has 0 fully saturated rings. The molecule has 3 aromatic rings. The Bertz CT molecular complexity index is 1160. The van der Waals surface area contributed by atoms with Crippen LogP contribution in [0.3, 0.4) is 0 Å². The number of nitrogens with two attached hydrogens (primary N) is 1. The first kappa shape index (κ1) is 22.2. The van der Waals surface area contributed by atoms with Crippen LogP contribution < -0.4 is 5.73 Å². The number of nitro groups is 1. The summed E-state index contributed by atoms with van der Waals surface area (Å²) in [6.07, 6.45) is 0.0547. The highest BCUT2D eigenvalue weighted by molar-refractivity contribution is 5.95. The molecule has 2 unspecified atom stereocenters. The number of nitro benzene ring substituents is 1. The van der Waals surface area contributed by atoms with Crippen molar-refractivity contribution in [3.8, 4) is 11.1 Å². The Labute approximate surface area is 189 Å². The van der Waals surface area contributed by atoms with Gasteiger partial charge in [-0.25, -0.2) is 0 Å². The van der Waals surface area contributed by atoms with E-state index in [4.69, 9.17) is 10.5 Å². The summed E-state index contributed by atoms with van der Waals surface area (Å²) in [7, 11) is 0. The first-order valence-electron chi connectivity index (χ1n) is 10.4. The number of non-ortho nitro benzene ring substituents is 1. The van der Waals surface area contributed by atoms with Crippen molar-refractivity contribution >= 4 is 17.6 Å². The molecule has 0 spiro atoms. The quantitative estimate of drug-likeness (QED) is 0.234. The molecule has 3 aromatic carbocycles. The van der Waals surface area contributed by atoms with Crippen molar-refractivity contribution in [1.82, 2.24) is 0 Å². The SMILES string of the molecule is NC(Cc1ccc([N+](=O)[O-])cc1)C(C(=O)O)C(=O)OCC1c2ccccc2-c2ccccc21. The third kappa shape index (κ3) is 4.47. The molecular formula is C25H22N2O6. The fraction of sp³-hybridized carbons (Fsp3) is 0.200. The Kier molecular flexibility index (Phi) is 6.19. The van der Waals surface area contributed by atoms with Crippen molar-refractivity contribution in [2.24, 2.45) is 11.7 Å². The lowest BCUT2D eigenvalue weighted by molar-refractivity contribution is -0.384. The summed E-state index contributed by atoms with van der Waals surface area (Å²) >= 11 is 0. The summed E-state index contributed by atoms with van der Waals surface area (Å²) in [4.78, 5) is 34.9. The maximum Gasteiger partial charge on any atom is 0.321 e. The molecule has 0 heterocycles. The highest BCUT2D eigenvalue weighted by Gasteiger charge is 2.36. The fourth-order valence-electron chi connectivity index (χ4n) is 4.30. The van der Waals surface area contributed by atoms with Crippen LogP contribution in [0.25, 0.3) is 11.1 Å². The fourth-order valence-corrected chi connectivity index (χ4v) is 4.30. The largest absolute Gasteiger partial charge is 0.481 e. The number of nitrogens with zero attached hydrogens (tertiary/aromatic N) is 1.